The van der Waals surface area contributed by atoms with Gasteiger partial charge in [-0.05, 0) is 55.6 Å². The van der Waals surface area contributed by atoms with E-state index in [0.717, 1.165) is 12.0 Å². The van der Waals surface area contributed by atoms with E-state index in [1.54, 1.807) is 0 Å². The van der Waals surface area contributed by atoms with Crippen LogP contribution in [0, 0.1) is 24.7 Å². The van der Waals surface area contributed by atoms with Gasteiger partial charge in [0.05, 0.1) is 18.2 Å². The third-order valence-corrected chi connectivity index (χ3v) is 7.49. The predicted octanol–water partition coefficient (Wildman–Crippen LogP) is 6.49. The molecule has 31 heavy (non-hydrogen) atoms. The molecule has 6 atom stereocenters. The standard InChI is InChI=1S/C28H37NO2/c1-18(2)24-16-13-20(4)17-25(24)31-27-26(23-14-11-19(3)12-15-23)29(28(27)30)21(5)22-9-7-6-8-10-22/h6-12,14-15,18,20-21,24-27H,13,16-17H2,1-5H3/t20-,21+,24+,25-,26-,27+/m1/s1. The maximum absolute atomic E-state index is 13.5. The Balaban J connectivity index is 1.62. The summed E-state index contributed by atoms with van der Waals surface area (Å²) < 4.78 is 6.71. The maximum atomic E-state index is 13.5. The van der Waals surface area contributed by atoms with Crippen LogP contribution in [0.2, 0.25) is 0 Å². The first-order valence-corrected chi connectivity index (χ1v) is 12.0. The summed E-state index contributed by atoms with van der Waals surface area (Å²) in [5.41, 5.74) is 3.57. The lowest BCUT2D eigenvalue weighted by atomic mass is 9.75. The van der Waals surface area contributed by atoms with E-state index in [1.165, 1.54) is 24.0 Å². The second kappa shape index (κ2) is 9.16. The Morgan fingerprint density at radius 1 is 0.968 bits per heavy atom. The van der Waals surface area contributed by atoms with Crippen LogP contribution < -0.4 is 0 Å². The summed E-state index contributed by atoms with van der Waals surface area (Å²) in [7, 11) is 0. The van der Waals surface area contributed by atoms with Gasteiger partial charge in [-0.3, -0.25) is 4.79 Å². The molecule has 2 aromatic carbocycles. The summed E-state index contributed by atoms with van der Waals surface area (Å²) in [6.45, 7) is 11.1. The summed E-state index contributed by atoms with van der Waals surface area (Å²) in [5.74, 6) is 1.89. The summed E-state index contributed by atoms with van der Waals surface area (Å²) in [5, 5.41) is 0. The molecule has 3 heteroatoms. The number of carbonyl (C=O) groups excluding carboxylic acids is 1. The first kappa shape index (κ1) is 22.1. The highest BCUT2D eigenvalue weighted by atomic mass is 16.5. The van der Waals surface area contributed by atoms with Crippen LogP contribution in [0.1, 0.15) is 75.7 Å². The fourth-order valence-electron chi connectivity index (χ4n) is 5.50. The van der Waals surface area contributed by atoms with Gasteiger partial charge in [0.1, 0.15) is 0 Å². The minimum Gasteiger partial charge on any atom is -0.362 e. The molecule has 1 aliphatic carbocycles. The molecule has 0 bridgehead atoms. The number of hydrogen-bond donors (Lipinski definition) is 0. The minimum absolute atomic E-state index is 0.0195. The summed E-state index contributed by atoms with van der Waals surface area (Å²) in [4.78, 5) is 15.5. The van der Waals surface area contributed by atoms with Gasteiger partial charge in [0.15, 0.2) is 6.10 Å². The Bertz CT molecular complexity index is 876. The molecular formula is C28H37NO2. The molecule has 0 spiro atoms. The van der Waals surface area contributed by atoms with Crippen molar-refractivity contribution in [1.29, 1.82) is 0 Å². The quantitative estimate of drug-likeness (QED) is 0.501. The lowest BCUT2D eigenvalue weighted by Crippen LogP contribution is -2.61. The number of nitrogens with zero attached hydrogens (tertiary/aromatic N) is 1. The molecule has 3 nitrogen and oxygen atoms in total. The second-order valence-electron chi connectivity index (χ2n) is 10.1. The average Bonchev–Trinajstić information content (AvgIpc) is 2.76. The Labute approximate surface area is 187 Å². The van der Waals surface area contributed by atoms with Crippen molar-refractivity contribution >= 4 is 5.91 Å². The highest BCUT2D eigenvalue weighted by molar-refractivity contribution is 5.89. The van der Waals surface area contributed by atoms with Crippen molar-refractivity contribution in [1.82, 2.24) is 4.90 Å². The van der Waals surface area contributed by atoms with Crippen LogP contribution in [-0.2, 0) is 9.53 Å². The predicted molar refractivity (Wildman–Crippen MR) is 126 cm³/mol. The minimum atomic E-state index is -0.384. The molecule has 0 aromatic heterocycles. The maximum Gasteiger partial charge on any atom is 0.255 e. The first-order chi connectivity index (χ1) is 14.9. The van der Waals surface area contributed by atoms with E-state index in [9.17, 15) is 4.79 Å². The molecule has 0 radical (unpaired) electrons. The molecule has 0 N–H and O–H groups in total. The summed E-state index contributed by atoms with van der Waals surface area (Å²) in [6, 6.07) is 18.9. The lowest BCUT2D eigenvalue weighted by Gasteiger charge is -2.52. The van der Waals surface area contributed by atoms with Crippen LogP contribution in [0.5, 0.6) is 0 Å². The molecule has 2 aromatic rings. The largest absolute Gasteiger partial charge is 0.362 e. The van der Waals surface area contributed by atoms with Gasteiger partial charge in [-0.15, -0.1) is 0 Å². The Hall–Kier alpha value is -2.13. The fraction of sp³-hybridized carbons (Fsp3) is 0.536. The topological polar surface area (TPSA) is 29.5 Å². The number of hydrogen-bond acceptors (Lipinski definition) is 2. The number of benzene rings is 2. The summed E-state index contributed by atoms with van der Waals surface area (Å²) in [6.07, 6.45) is 3.30. The Kier molecular flexibility index (Phi) is 6.52. The third kappa shape index (κ3) is 4.43. The molecule has 1 amide bonds. The van der Waals surface area contributed by atoms with Gasteiger partial charge < -0.3 is 9.64 Å². The molecule has 1 aliphatic heterocycles. The van der Waals surface area contributed by atoms with Gasteiger partial charge in [0.25, 0.3) is 5.91 Å². The zero-order valence-corrected chi connectivity index (χ0v) is 19.6. The number of ether oxygens (including phenoxy) is 1. The molecule has 1 saturated heterocycles. The molecule has 4 rings (SSSR count). The summed E-state index contributed by atoms with van der Waals surface area (Å²) >= 11 is 0. The molecule has 166 valence electrons. The highest BCUT2D eigenvalue weighted by Gasteiger charge is 2.52. The lowest BCUT2D eigenvalue weighted by molar-refractivity contribution is -0.196. The highest BCUT2D eigenvalue weighted by Crippen LogP contribution is 2.46. The molecule has 1 saturated carbocycles. The Morgan fingerprint density at radius 3 is 2.29 bits per heavy atom. The molecule has 0 unspecified atom stereocenters. The number of aryl methyl sites for hydroxylation is 1. The van der Waals surface area contributed by atoms with Crippen molar-refractivity contribution in [2.45, 2.75) is 78.2 Å². The van der Waals surface area contributed by atoms with Crippen molar-refractivity contribution in [2.24, 2.45) is 17.8 Å². The van der Waals surface area contributed by atoms with Gasteiger partial charge in [0, 0.05) is 0 Å². The van der Waals surface area contributed by atoms with Crippen molar-refractivity contribution < 1.29 is 9.53 Å². The number of β-lactam (4-membered cyclic amide) rings is 1. The van der Waals surface area contributed by atoms with E-state index in [-0.39, 0.29) is 30.2 Å². The van der Waals surface area contributed by atoms with Crippen molar-refractivity contribution in [3.63, 3.8) is 0 Å². The second-order valence-corrected chi connectivity index (χ2v) is 10.1. The number of carbonyl (C=O) groups is 1. The van der Waals surface area contributed by atoms with E-state index in [4.69, 9.17) is 4.74 Å². The van der Waals surface area contributed by atoms with Crippen LogP contribution in [0.15, 0.2) is 54.6 Å². The molecule has 1 heterocycles. The van der Waals surface area contributed by atoms with Crippen LogP contribution in [-0.4, -0.2) is 23.0 Å². The van der Waals surface area contributed by atoms with E-state index in [0.29, 0.717) is 17.8 Å². The van der Waals surface area contributed by atoms with Crippen LogP contribution in [0.4, 0.5) is 0 Å². The Morgan fingerprint density at radius 2 is 1.65 bits per heavy atom. The number of amides is 1. The van der Waals surface area contributed by atoms with Gasteiger partial charge in [-0.2, -0.15) is 0 Å². The van der Waals surface area contributed by atoms with E-state index in [2.05, 4.69) is 71.0 Å². The van der Waals surface area contributed by atoms with Crippen LogP contribution in [0.3, 0.4) is 0 Å². The van der Waals surface area contributed by atoms with E-state index in [1.807, 2.05) is 23.1 Å². The molecule has 2 fully saturated rings. The number of rotatable bonds is 6. The molecular weight excluding hydrogens is 382 g/mol. The fourth-order valence-corrected chi connectivity index (χ4v) is 5.50. The smallest absolute Gasteiger partial charge is 0.255 e. The van der Waals surface area contributed by atoms with Crippen molar-refractivity contribution in [3.05, 3.63) is 71.3 Å². The van der Waals surface area contributed by atoms with Crippen molar-refractivity contribution in [2.75, 3.05) is 0 Å². The molecule has 2 aliphatic rings. The van der Waals surface area contributed by atoms with Crippen LogP contribution in [0.25, 0.3) is 0 Å². The van der Waals surface area contributed by atoms with Crippen LogP contribution >= 0.6 is 0 Å². The van der Waals surface area contributed by atoms with E-state index < -0.39 is 0 Å². The van der Waals surface area contributed by atoms with Crippen molar-refractivity contribution in [3.8, 4) is 0 Å². The van der Waals surface area contributed by atoms with Gasteiger partial charge in [-0.1, -0.05) is 87.4 Å². The normalized spacial score (nSPS) is 29.7. The number of likely N-dealkylation sites (tertiary alicyclic amines) is 1. The zero-order chi connectivity index (χ0) is 22.1. The monoisotopic (exact) mass is 419 g/mol. The SMILES string of the molecule is Cc1ccc([C@@H]2[C@H](O[C@@H]3C[C@H](C)CC[C@H]3C(C)C)C(=O)N2[C@@H](C)c2ccccc2)cc1. The van der Waals surface area contributed by atoms with Gasteiger partial charge in [0.2, 0.25) is 0 Å². The average molecular weight is 420 g/mol. The first-order valence-electron chi connectivity index (χ1n) is 12.0. The van der Waals surface area contributed by atoms with Gasteiger partial charge >= 0.3 is 0 Å². The zero-order valence-electron chi connectivity index (χ0n) is 19.6. The van der Waals surface area contributed by atoms with Gasteiger partial charge in [-0.25, -0.2) is 0 Å². The van der Waals surface area contributed by atoms with E-state index >= 15 is 0 Å². The third-order valence-electron chi connectivity index (χ3n) is 7.49.